The first kappa shape index (κ1) is 15.9. The van der Waals surface area contributed by atoms with Crippen LogP contribution in [0.5, 0.6) is 0 Å². The van der Waals surface area contributed by atoms with Gasteiger partial charge in [-0.1, -0.05) is 0 Å². The molecule has 1 fully saturated rings. The quantitative estimate of drug-likeness (QED) is 0.898. The number of nitrogens with zero attached hydrogens (tertiary/aromatic N) is 2. The fourth-order valence-corrected chi connectivity index (χ4v) is 2.59. The smallest absolute Gasteiger partial charge is 0.394 e. The molecule has 1 saturated heterocycles. The maximum absolute atomic E-state index is 13.0. The van der Waals surface area contributed by atoms with Crippen LogP contribution in [0.4, 0.5) is 24.8 Å². The summed E-state index contributed by atoms with van der Waals surface area (Å²) >= 11 is 0. The van der Waals surface area contributed by atoms with Gasteiger partial charge in [-0.2, -0.15) is 13.2 Å². The van der Waals surface area contributed by atoms with Crippen molar-refractivity contribution in [3.8, 4) is 0 Å². The van der Waals surface area contributed by atoms with Crippen molar-refractivity contribution in [2.45, 2.75) is 38.4 Å². The lowest BCUT2D eigenvalue weighted by atomic mass is 10.0. The second kappa shape index (κ2) is 6.51. The highest BCUT2D eigenvalue weighted by atomic mass is 19.4. The van der Waals surface area contributed by atoms with Gasteiger partial charge >= 0.3 is 6.18 Å². The molecular weight excluding hydrogens is 283 g/mol. The summed E-state index contributed by atoms with van der Waals surface area (Å²) in [4.78, 5) is 6.04. The molecule has 1 unspecified atom stereocenters. The van der Waals surface area contributed by atoms with Crippen LogP contribution in [-0.2, 0) is 6.18 Å². The van der Waals surface area contributed by atoms with Crippen LogP contribution in [0.2, 0.25) is 0 Å². The Balaban J connectivity index is 2.38. The van der Waals surface area contributed by atoms with E-state index >= 15 is 0 Å². The lowest BCUT2D eigenvalue weighted by molar-refractivity contribution is -0.137. The maximum Gasteiger partial charge on any atom is 0.416 e. The lowest BCUT2D eigenvalue weighted by Crippen LogP contribution is -2.42. The van der Waals surface area contributed by atoms with Gasteiger partial charge in [0.05, 0.1) is 18.2 Å². The van der Waals surface area contributed by atoms with E-state index in [0.29, 0.717) is 13.1 Å². The van der Waals surface area contributed by atoms with Crippen LogP contribution in [0.25, 0.3) is 0 Å². The zero-order chi connectivity index (χ0) is 15.5. The van der Waals surface area contributed by atoms with E-state index in [-0.39, 0.29) is 24.3 Å². The zero-order valence-electron chi connectivity index (χ0n) is 12.0. The van der Waals surface area contributed by atoms with Gasteiger partial charge in [0, 0.05) is 13.1 Å². The molecule has 2 heterocycles. The molecule has 0 amide bonds. The summed E-state index contributed by atoms with van der Waals surface area (Å²) in [7, 11) is 0. The maximum atomic E-state index is 13.0. The van der Waals surface area contributed by atoms with Gasteiger partial charge in [0.25, 0.3) is 0 Å². The summed E-state index contributed by atoms with van der Waals surface area (Å²) < 4.78 is 39.0. The van der Waals surface area contributed by atoms with Crippen molar-refractivity contribution in [3.63, 3.8) is 0 Å². The third-order valence-corrected chi connectivity index (χ3v) is 3.63. The van der Waals surface area contributed by atoms with E-state index < -0.39 is 11.7 Å². The van der Waals surface area contributed by atoms with E-state index in [2.05, 4.69) is 10.3 Å². The molecule has 7 heteroatoms. The van der Waals surface area contributed by atoms with Crippen LogP contribution in [-0.4, -0.2) is 35.8 Å². The molecular formula is C14H20F3N3O. The molecule has 0 spiro atoms. The number of piperidine rings is 1. The van der Waals surface area contributed by atoms with Gasteiger partial charge in [0.15, 0.2) is 0 Å². The van der Waals surface area contributed by atoms with Gasteiger partial charge in [0.2, 0.25) is 0 Å². The monoisotopic (exact) mass is 303 g/mol. The molecule has 118 valence electrons. The molecule has 1 aliphatic heterocycles. The summed E-state index contributed by atoms with van der Waals surface area (Å²) in [5.41, 5.74) is -0.717. The topological polar surface area (TPSA) is 48.4 Å². The van der Waals surface area contributed by atoms with Crippen molar-refractivity contribution >= 4 is 11.6 Å². The number of anilines is 2. The Hall–Kier alpha value is -1.50. The van der Waals surface area contributed by atoms with Crippen molar-refractivity contribution in [2.75, 3.05) is 29.9 Å². The van der Waals surface area contributed by atoms with Crippen LogP contribution in [0.3, 0.4) is 0 Å². The molecule has 0 radical (unpaired) electrons. The first-order chi connectivity index (χ1) is 9.95. The van der Waals surface area contributed by atoms with Crippen LogP contribution < -0.4 is 10.2 Å². The van der Waals surface area contributed by atoms with Crippen molar-refractivity contribution in [3.05, 3.63) is 17.7 Å². The highest BCUT2D eigenvalue weighted by molar-refractivity contribution is 5.52. The Morgan fingerprint density at radius 3 is 2.76 bits per heavy atom. The highest BCUT2D eigenvalue weighted by Gasteiger charge is 2.33. The molecule has 4 nitrogen and oxygen atoms in total. The van der Waals surface area contributed by atoms with E-state index in [1.54, 1.807) is 11.8 Å². The number of aliphatic hydroxyl groups excluding tert-OH is 1. The lowest BCUT2D eigenvalue weighted by Gasteiger charge is -2.36. The molecule has 0 aliphatic carbocycles. The minimum Gasteiger partial charge on any atom is -0.394 e. The van der Waals surface area contributed by atoms with E-state index in [9.17, 15) is 18.3 Å². The van der Waals surface area contributed by atoms with Crippen LogP contribution in [0.1, 0.15) is 31.7 Å². The van der Waals surface area contributed by atoms with Crippen molar-refractivity contribution in [2.24, 2.45) is 0 Å². The van der Waals surface area contributed by atoms with E-state index in [1.165, 1.54) is 0 Å². The van der Waals surface area contributed by atoms with Gasteiger partial charge in [-0.25, -0.2) is 4.98 Å². The van der Waals surface area contributed by atoms with E-state index in [1.807, 2.05) is 0 Å². The summed E-state index contributed by atoms with van der Waals surface area (Å²) in [6.07, 6.45) is -1.77. The predicted octanol–water partition coefficient (Wildman–Crippen LogP) is 2.88. The SMILES string of the molecule is CCNc1cc(C(F)(F)F)cc(N2CCCCC2CO)n1. The second-order valence-electron chi connectivity index (χ2n) is 5.15. The van der Waals surface area contributed by atoms with Gasteiger partial charge in [-0.15, -0.1) is 0 Å². The van der Waals surface area contributed by atoms with Crippen LogP contribution in [0, 0.1) is 0 Å². The average molecular weight is 303 g/mol. The molecule has 2 N–H and O–H groups in total. The molecule has 0 saturated carbocycles. The zero-order valence-corrected chi connectivity index (χ0v) is 12.0. The second-order valence-corrected chi connectivity index (χ2v) is 5.15. The standard InChI is InChI=1S/C14H20F3N3O/c1-2-18-12-7-10(14(15,16)17)8-13(19-12)20-6-4-3-5-11(20)9-21/h7-8,11,21H,2-6,9H2,1H3,(H,18,19). The number of aromatic nitrogens is 1. The minimum atomic E-state index is -4.41. The number of pyridine rings is 1. The predicted molar refractivity (Wildman–Crippen MR) is 75.5 cm³/mol. The molecule has 1 aromatic heterocycles. The van der Waals surface area contributed by atoms with Gasteiger partial charge in [0.1, 0.15) is 11.6 Å². The summed E-state index contributed by atoms with van der Waals surface area (Å²) in [6.45, 7) is 2.84. The third kappa shape index (κ3) is 3.78. The van der Waals surface area contributed by atoms with Crippen molar-refractivity contribution in [1.29, 1.82) is 0 Å². The van der Waals surface area contributed by atoms with Crippen molar-refractivity contribution in [1.82, 2.24) is 4.98 Å². The number of halogens is 3. The summed E-state index contributed by atoms with van der Waals surface area (Å²) in [5, 5.41) is 12.2. The van der Waals surface area contributed by atoms with Gasteiger partial charge < -0.3 is 15.3 Å². The summed E-state index contributed by atoms with van der Waals surface area (Å²) in [6, 6.07) is 1.92. The van der Waals surface area contributed by atoms with Crippen molar-refractivity contribution < 1.29 is 18.3 Å². The Morgan fingerprint density at radius 2 is 2.14 bits per heavy atom. The van der Waals surface area contributed by atoms with Crippen LogP contribution >= 0.6 is 0 Å². The molecule has 1 aromatic rings. The molecule has 0 bridgehead atoms. The first-order valence-electron chi connectivity index (χ1n) is 7.16. The van der Waals surface area contributed by atoms with E-state index in [4.69, 9.17) is 0 Å². The number of aliphatic hydroxyl groups is 1. The number of rotatable bonds is 4. The number of alkyl halides is 3. The molecule has 1 aliphatic rings. The number of hydrogen-bond donors (Lipinski definition) is 2. The average Bonchev–Trinajstić information content (AvgIpc) is 2.46. The summed E-state index contributed by atoms with van der Waals surface area (Å²) in [5.74, 6) is 0.490. The Kier molecular flexibility index (Phi) is 4.92. The third-order valence-electron chi connectivity index (χ3n) is 3.63. The fourth-order valence-electron chi connectivity index (χ4n) is 2.59. The largest absolute Gasteiger partial charge is 0.416 e. The number of hydrogen-bond acceptors (Lipinski definition) is 4. The molecule has 2 rings (SSSR count). The Labute approximate surface area is 122 Å². The minimum absolute atomic E-state index is 0.0749. The van der Waals surface area contributed by atoms with Crippen LogP contribution in [0.15, 0.2) is 12.1 Å². The highest BCUT2D eigenvalue weighted by Crippen LogP contribution is 2.34. The normalized spacial score (nSPS) is 19.7. The number of nitrogens with one attached hydrogen (secondary N) is 1. The van der Waals surface area contributed by atoms with E-state index in [0.717, 1.165) is 31.4 Å². The van der Waals surface area contributed by atoms with Gasteiger partial charge in [-0.05, 0) is 38.3 Å². The Bertz CT molecular complexity index is 479. The van der Waals surface area contributed by atoms with Gasteiger partial charge in [-0.3, -0.25) is 0 Å². The molecule has 1 atom stereocenters. The Morgan fingerprint density at radius 1 is 1.38 bits per heavy atom. The first-order valence-corrected chi connectivity index (χ1v) is 7.16. The molecule has 0 aromatic carbocycles. The molecule has 21 heavy (non-hydrogen) atoms. The fraction of sp³-hybridized carbons (Fsp3) is 0.643.